The van der Waals surface area contributed by atoms with E-state index in [-0.39, 0.29) is 24.2 Å². The molecule has 6 heteroatoms. The van der Waals surface area contributed by atoms with E-state index in [9.17, 15) is 9.90 Å². The van der Waals surface area contributed by atoms with Gasteiger partial charge < -0.3 is 19.3 Å². The maximum atomic E-state index is 12.5. The zero-order valence-corrected chi connectivity index (χ0v) is 12.1. The number of nitrogens with zero attached hydrogens (tertiary/aromatic N) is 2. The first-order chi connectivity index (χ1) is 10.8. The molecule has 2 heterocycles. The number of ether oxygens (including phenoxy) is 1. The van der Waals surface area contributed by atoms with E-state index in [4.69, 9.17) is 9.26 Å². The van der Waals surface area contributed by atoms with Gasteiger partial charge in [0.15, 0.2) is 0 Å². The topological polar surface area (TPSA) is 75.8 Å². The minimum atomic E-state index is -0.223. The lowest BCUT2D eigenvalue weighted by molar-refractivity contribution is 0.0686. The number of aliphatic hydroxyl groups excluding tert-OH is 1. The number of aromatic nitrogens is 1. The standard InChI is InChI=1S/C16H18N2O4/c19-10-12-9-18(6-7-21-11-12)16(20)15-8-14(17-22-15)13-4-2-1-3-5-13/h1-5,8,12,19H,6-7,9-11H2. The van der Waals surface area contributed by atoms with E-state index < -0.39 is 0 Å². The maximum Gasteiger partial charge on any atom is 0.292 e. The van der Waals surface area contributed by atoms with Gasteiger partial charge in [-0.1, -0.05) is 35.5 Å². The molecule has 1 aromatic carbocycles. The number of aliphatic hydroxyl groups is 1. The van der Waals surface area contributed by atoms with Crippen LogP contribution in [0, 0.1) is 5.92 Å². The zero-order valence-electron chi connectivity index (χ0n) is 12.1. The molecule has 116 valence electrons. The van der Waals surface area contributed by atoms with Crippen molar-refractivity contribution < 1.29 is 19.2 Å². The van der Waals surface area contributed by atoms with Gasteiger partial charge in [-0.3, -0.25) is 4.79 Å². The van der Waals surface area contributed by atoms with E-state index >= 15 is 0 Å². The molecule has 0 saturated carbocycles. The third-order valence-electron chi connectivity index (χ3n) is 3.67. The molecule has 1 atom stereocenters. The van der Waals surface area contributed by atoms with Crippen molar-refractivity contribution in [3.8, 4) is 11.3 Å². The van der Waals surface area contributed by atoms with Gasteiger partial charge in [-0.25, -0.2) is 0 Å². The van der Waals surface area contributed by atoms with Crippen molar-refractivity contribution in [3.05, 3.63) is 42.2 Å². The Morgan fingerprint density at radius 2 is 2.18 bits per heavy atom. The van der Waals surface area contributed by atoms with Gasteiger partial charge in [0.2, 0.25) is 5.76 Å². The summed E-state index contributed by atoms with van der Waals surface area (Å²) in [6.45, 7) is 1.86. The summed E-state index contributed by atoms with van der Waals surface area (Å²) in [6, 6.07) is 11.2. The molecule has 1 aromatic heterocycles. The lowest BCUT2D eigenvalue weighted by Crippen LogP contribution is -2.36. The molecule has 3 rings (SSSR count). The van der Waals surface area contributed by atoms with Crippen LogP contribution in [0.25, 0.3) is 11.3 Å². The smallest absolute Gasteiger partial charge is 0.292 e. The molecule has 1 aliphatic heterocycles. The molecule has 0 bridgehead atoms. The largest absolute Gasteiger partial charge is 0.396 e. The Morgan fingerprint density at radius 1 is 1.36 bits per heavy atom. The minimum Gasteiger partial charge on any atom is -0.396 e. The first-order valence-corrected chi connectivity index (χ1v) is 7.28. The van der Waals surface area contributed by atoms with E-state index in [1.54, 1.807) is 11.0 Å². The number of benzene rings is 1. The molecule has 1 N–H and O–H groups in total. The highest BCUT2D eigenvalue weighted by Crippen LogP contribution is 2.20. The lowest BCUT2D eigenvalue weighted by atomic mass is 10.1. The van der Waals surface area contributed by atoms with Crippen molar-refractivity contribution in [1.82, 2.24) is 10.1 Å². The molecule has 2 aromatic rings. The van der Waals surface area contributed by atoms with Gasteiger partial charge in [0.1, 0.15) is 5.69 Å². The van der Waals surface area contributed by atoms with Crippen LogP contribution in [0.4, 0.5) is 0 Å². The Bertz CT molecular complexity index is 626. The third kappa shape index (κ3) is 3.18. The second-order valence-corrected chi connectivity index (χ2v) is 5.32. The van der Waals surface area contributed by atoms with Crippen molar-refractivity contribution in [2.75, 3.05) is 32.9 Å². The van der Waals surface area contributed by atoms with E-state index in [1.807, 2.05) is 30.3 Å². The van der Waals surface area contributed by atoms with Crippen molar-refractivity contribution in [3.63, 3.8) is 0 Å². The summed E-state index contributed by atoms with van der Waals surface area (Å²) in [5, 5.41) is 13.2. The summed E-state index contributed by atoms with van der Waals surface area (Å²) in [6.07, 6.45) is 0. The summed E-state index contributed by atoms with van der Waals surface area (Å²) in [7, 11) is 0. The number of rotatable bonds is 3. The summed E-state index contributed by atoms with van der Waals surface area (Å²) in [4.78, 5) is 14.2. The molecule has 1 amide bonds. The molecule has 6 nitrogen and oxygen atoms in total. The minimum absolute atomic E-state index is 0.00451. The highest BCUT2D eigenvalue weighted by molar-refractivity contribution is 5.92. The number of carbonyl (C=O) groups excluding carboxylic acids is 1. The van der Waals surface area contributed by atoms with Crippen LogP contribution in [0.5, 0.6) is 0 Å². The van der Waals surface area contributed by atoms with Crippen molar-refractivity contribution >= 4 is 5.91 Å². The van der Waals surface area contributed by atoms with Crippen LogP contribution in [-0.4, -0.2) is 54.0 Å². The van der Waals surface area contributed by atoms with Gasteiger partial charge in [-0.2, -0.15) is 0 Å². The quantitative estimate of drug-likeness (QED) is 0.928. The Morgan fingerprint density at radius 3 is 2.95 bits per heavy atom. The molecule has 0 spiro atoms. The van der Waals surface area contributed by atoms with Gasteiger partial charge in [-0.05, 0) is 0 Å². The first kappa shape index (κ1) is 14.7. The Labute approximate surface area is 128 Å². The fourth-order valence-electron chi connectivity index (χ4n) is 2.45. The zero-order chi connectivity index (χ0) is 15.4. The lowest BCUT2D eigenvalue weighted by Gasteiger charge is -2.21. The molecule has 1 saturated heterocycles. The molecule has 0 radical (unpaired) electrons. The highest BCUT2D eigenvalue weighted by atomic mass is 16.5. The average molecular weight is 302 g/mol. The van der Waals surface area contributed by atoms with Gasteiger partial charge in [-0.15, -0.1) is 0 Å². The maximum absolute atomic E-state index is 12.5. The molecular weight excluding hydrogens is 284 g/mol. The molecule has 0 aliphatic carbocycles. The van der Waals surface area contributed by atoms with Crippen LogP contribution in [0.15, 0.2) is 40.9 Å². The summed E-state index contributed by atoms with van der Waals surface area (Å²) >= 11 is 0. The van der Waals surface area contributed by atoms with Crippen molar-refractivity contribution in [1.29, 1.82) is 0 Å². The van der Waals surface area contributed by atoms with Crippen LogP contribution in [0.1, 0.15) is 10.6 Å². The Kier molecular flexibility index (Phi) is 4.50. The van der Waals surface area contributed by atoms with Crippen LogP contribution >= 0.6 is 0 Å². The van der Waals surface area contributed by atoms with E-state index in [1.165, 1.54) is 0 Å². The van der Waals surface area contributed by atoms with E-state index in [0.29, 0.717) is 32.0 Å². The number of hydrogen-bond donors (Lipinski definition) is 1. The fraction of sp³-hybridized carbons (Fsp3) is 0.375. The van der Waals surface area contributed by atoms with E-state index in [0.717, 1.165) is 5.56 Å². The molecule has 22 heavy (non-hydrogen) atoms. The van der Waals surface area contributed by atoms with Crippen LogP contribution in [0.2, 0.25) is 0 Å². The third-order valence-corrected chi connectivity index (χ3v) is 3.67. The van der Waals surface area contributed by atoms with E-state index in [2.05, 4.69) is 5.16 Å². The SMILES string of the molecule is O=C(c1cc(-c2ccccc2)no1)N1CCOCC(CO)C1. The normalized spacial score (nSPS) is 19.0. The number of hydrogen-bond acceptors (Lipinski definition) is 5. The summed E-state index contributed by atoms with van der Waals surface area (Å²) in [5.41, 5.74) is 1.53. The van der Waals surface area contributed by atoms with Crippen LogP contribution < -0.4 is 0 Å². The van der Waals surface area contributed by atoms with Crippen LogP contribution in [-0.2, 0) is 4.74 Å². The van der Waals surface area contributed by atoms with Gasteiger partial charge >= 0.3 is 0 Å². The predicted octanol–water partition coefficient (Wildman–Crippen LogP) is 1.42. The van der Waals surface area contributed by atoms with Crippen molar-refractivity contribution in [2.24, 2.45) is 5.92 Å². The fourth-order valence-corrected chi connectivity index (χ4v) is 2.45. The first-order valence-electron chi connectivity index (χ1n) is 7.28. The second-order valence-electron chi connectivity index (χ2n) is 5.32. The highest BCUT2D eigenvalue weighted by Gasteiger charge is 2.25. The summed E-state index contributed by atoms with van der Waals surface area (Å²) < 4.78 is 10.6. The Hall–Kier alpha value is -2.18. The van der Waals surface area contributed by atoms with Gasteiger partial charge in [0, 0.05) is 37.2 Å². The molecular formula is C16H18N2O4. The molecule has 1 unspecified atom stereocenters. The second kappa shape index (κ2) is 6.72. The number of amides is 1. The predicted molar refractivity (Wildman–Crippen MR) is 79.2 cm³/mol. The molecule has 1 fully saturated rings. The van der Waals surface area contributed by atoms with Crippen molar-refractivity contribution in [2.45, 2.75) is 0 Å². The van der Waals surface area contributed by atoms with Gasteiger partial charge in [0.05, 0.1) is 13.2 Å². The average Bonchev–Trinajstić information content (AvgIpc) is 2.93. The Balaban J connectivity index is 1.76. The molecule has 1 aliphatic rings. The number of carbonyl (C=O) groups is 1. The van der Waals surface area contributed by atoms with Gasteiger partial charge in [0.25, 0.3) is 5.91 Å². The van der Waals surface area contributed by atoms with Crippen LogP contribution in [0.3, 0.4) is 0 Å². The monoisotopic (exact) mass is 302 g/mol. The summed E-state index contributed by atoms with van der Waals surface area (Å²) in [5.74, 6) is -0.0842.